The van der Waals surface area contributed by atoms with Gasteiger partial charge in [0.25, 0.3) is 0 Å². The van der Waals surface area contributed by atoms with Gasteiger partial charge in [0.1, 0.15) is 12.4 Å². The Balaban J connectivity index is 2.20. The normalized spacial score (nSPS) is 10.8. The Morgan fingerprint density at radius 2 is 1.86 bits per heavy atom. The summed E-state index contributed by atoms with van der Waals surface area (Å²) in [6.07, 6.45) is 0. The van der Waals surface area contributed by atoms with Crippen LogP contribution in [-0.4, -0.2) is 19.9 Å². The minimum Gasteiger partial charge on any atom is -0.388 e. The van der Waals surface area contributed by atoms with E-state index in [0.717, 1.165) is 11.3 Å². The molecule has 0 radical (unpaired) electrons. The van der Waals surface area contributed by atoms with Gasteiger partial charge in [-0.2, -0.15) is 0 Å². The zero-order valence-corrected chi connectivity index (χ0v) is 11.5. The fourth-order valence-corrected chi connectivity index (χ4v) is 2.24. The zero-order valence-electron chi connectivity index (χ0n) is 11.5. The molecule has 0 amide bonds. The Kier molecular flexibility index (Phi) is 3.50. The topological polar surface area (TPSA) is 50.9 Å². The van der Waals surface area contributed by atoms with Crippen molar-refractivity contribution < 1.29 is 9.50 Å². The minimum atomic E-state index is -0.257. The summed E-state index contributed by atoms with van der Waals surface area (Å²) in [6, 6.07) is 14.3. The molecule has 0 bridgehead atoms. The van der Waals surface area contributed by atoms with E-state index in [2.05, 4.69) is 10.2 Å². The number of aliphatic hydroxyl groups excluding tert-OH is 1. The van der Waals surface area contributed by atoms with E-state index in [1.807, 2.05) is 30.3 Å². The van der Waals surface area contributed by atoms with Gasteiger partial charge >= 0.3 is 0 Å². The van der Waals surface area contributed by atoms with E-state index < -0.39 is 0 Å². The van der Waals surface area contributed by atoms with Gasteiger partial charge in [-0.25, -0.2) is 4.39 Å². The number of aryl methyl sites for hydroxylation is 1. The summed E-state index contributed by atoms with van der Waals surface area (Å²) in [5.74, 6) is 0.762. The third-order valence-corrected chi connectivity index (χ3v) is 3.30. The lowest BCUT2D eigenvalue weighted by atomic mass is 10.1. The van der Waals surface area contributed by atoms with Crippen molar-refractivity contribution in [2.75, 3.05) is 0 Å². The Labute approximate surface area is 121 Å². The van der Waals surface area contributed by atoms with Crippen molar-refractivity contribution >= 4 is 0 Å². The second-order valence-corrected chi connectivity index (χ2v) is 4.73. The predicted molar refractivity (Wildman–Crippen MR) is 77.4 cm³/mol. The monoisotopic (exact) mass is 283 g/mol. The van der Waals surface area contributed by atoms with Crippen LogP contribution in [0.5, 0.6) is 0 Å². The van der Waals surface area contributed by atoms with Crippen LogP contribution in [0.25, 0.3) is 17.1 Å². The number of halogens is 1. The molecule has 3 aromatic rings. The van der Waals surface area contributed by atoms with Gasteiger partial charge in [-0.1, -0.05) is 18.2 Å². The highest BCUT2D eigenvalue weighted by atomic mass is 19.1. The van der Waals surface area contributed by atoms with Crippen LogP contribution in [0.2, 0.25) is 0 Å². The molecule has 5 heteroatoms. The highest BCUT2D eigenvalue weighted by molar-refractivity contribution is 5.59. The molecule has 4 nitrogen and oxygen atoms in total. The van der Waals surface area contributed by atoms with E-state index in [4.69, 9.17) is 0 Å². The molecule has 1 N–H and O–H groups in total. The molecule has 0 aliphatic heterocycles. The smallest absolute Gasteiger partial charge is 0.168 e. The van der Waals surface area contributed by atoms with Gasteiger partial charge in [0.15, 0.2) is 11.6 Å². The second-order valence-electron chi connectivity index (χ2n) is 4.73. The number of nitrogens with zero attached hydrogens (tertiary/aromatic N) is 3. The highest BCUT2D eigenvalue weighted by Gasteiger charge is 2.15. The third-order valence-electron chi connectivity index (χ3n) is 3.30. The van der Waals surface area contributed by atoms with Crippen LogP contribution >= 0.6 is 0 Å². The van der Waals surface area contributed by atoms with E-state index in [1.165, 1.54) is 6.07 Å². The first-order valence-corrected chi connectivity index (χ1v) is 6.58. The van der Waals surface area contributed by atoms with Crippen LogP contribution in [0.1, 0.15) is 11.4 Å². The lowest BCUT2D eigenvalue weighted by Crippen LogP contribution is -2.03. The average Bonchev–Trinajstić information content (AvgIpc) is 2.95. The van der Waals surface area contributed by atoms with E-state index >= 15 is 0 Å². The number of benzene rings is 2. The molecule has 1 aromatic heterocycles. The van der Waals surface area contributed by atoms with E-state index in [-0.39, 0.29) is 12.4 Å². The maximum Gasteiger partial charge on any atom is 0.168 e. The maximum atomic E-state index is 13.4. The molecule has 0 fully saturated rings. The van der Waals surface area contributed by atoms with Crippen molar-refractivity contribution in [3.8, 4) is 17.1 Å². The first kappa shape index (κ1) is 13.5. The van der Waals surface area contributed by atoms with Crippen molar-refractivity contribution in [1.82, 2.24) is 14.8 Å². The first-order chi connectivity index (χ1) is 10.2. The van der Waals surface area contributed by atoms with Crippen molar-refractivity contribution in [3.05, 3.63) is 65.7 Å². The highest BCUT2D eigenvalue weighted by Crippen LogP contribution is 2.24. The van der Waals surface area contributed by atoms with Crippen LogP contribution in [0.4, 0.5) is 4.39 Å². The fourth-order valence-electron chi connectivity index (χ4n) is 2.24. The Bertz CT molecular complexity index is 768. The molecule has 3 rings (SSSR count). The van der Waals surface area contributed by atoms with Gasteiger partial charge < -0.3 is 5.11 Å². The number of hydrogen-bond donors (Lipinski definition) is 1. The predicted octanol–water partition coefficient (Wildman–Crippen LogP) is 2.87. The van der Waals surface area contributed by atoms with Gasteiger partial charge in [0.05, 0.1) is 0 Å². The summed E-state index contributed by atoms with van der Waals surface area (Å²) < 4.78 is 15.2. The summed E-state index contributed by atoms with van der Waals surface area (Å²) in [5, 5.41) is 17.6. The quantitative estimate of drug-likeness (QED) is 0.804. The zero-order chi connectivity index (χ0) is 14.8. The molecule has 1 heterocycles. The molecule has 2 aromatic carbocycles. The molecule has 106 valence electrons. The molecule has 0 saturated carbocycles. The van der Waals surface area contributed by atoms with Gasteiger partial charge in [-0.05, 0) is 42.8 Å². The molecular weight excluding hydrogens is 269 g/mol. The largest absolute Gasteiger partial charge is 0.388 e. The summed E-state index contributed by atoms with van der Waals surface area (Å²) in [5.41, 5.74) is 2.15. The number of hydrogen-bond acceptors (Lipinski definition) is 3. The van der Waals surface area contributed by atoms with Crippen LogP contribution in [-0.2, 0) is 6.61 Å². The van der Waals surface area contributed by atoms with Gasteiger partial charge in [-0.15, -0.1) is 10.2 Å². The van der Waals surface area contributed by atoms with Crippen LogP contribution in [0.15, 0.2) is 48.5 Å². The second kappa shape index (κ2) is 5.46. The third kappa shape index (κ3) is 2.43. The molecular formula is C16H14FN3O. The SMILES string of the molecule is Cc1cc(-c2nnc(CO)n2-c2ccccc2)ccc1F. The molecule has 0 spiro atoms. The van der Waals surface area contributed by atoms with Crippen LogP contribution in [0, 0.1) is 12.7 Å². The Morgan fingerprint density at radius 1 is 1.10 bits per heavy atom. The lowest BCUT2D eigenvalue weighted by molar-refractivity contribution is 0.269. The number of para-hydroxylation sites is 1. The molecule has 21 heavy (non-hydrogen) atoms. The molecule has 0 atom stereocenters. The number of aromatic nitrogens is 3. The number of aliphatic hydroxyl groups is 1. The van der Waals surface area contributed by atoms with E-state index in [9.17, 15) is 9.50 Å². The summed E-state index contributed by atoms with van der Waals surface area (Å²) in [4.78, 5) is 0. The lowest BCUT2D eigenvalue weighted by Gasteiger charge is -2.10. The number of rotatable bonds is 3. The minimum absolute atomic E-state index is 0.220. The van der Waals surface area contributed by atoms with Crippen molar-refractivity contribution in [2.24, 2.45) is 0 Å². The Hall–Kier alpha value is -2.53. The molecule has 0 unspecified atom stereocenters. The van der Waals surface area contributed by atoms with E-state index in [1.54, 1.807) is 23.6 Å². The summed E-state index contributed by atoms with van der Waals surface area (Å²) >= 11 is 0. The fraction of sp³-hybridized carbons (Fsp3) is 0.125. The van der Waals surface area contributed by atoms with Crippen LogP contribution < -0.4 is 0 Å². The Morgan fingerprint density at radius 3 is 2.52 bits per heavy atom. The standard InChI is InChI=1S/C16H14FN3O/c1-11-9-12(7-8-14(11)17)16-19-18-15(10-21)20(16)13-5-3-2-4-6-13/h2-9,21H,10H2,1H3. The van der Waals surface area contributed by atoms with Crippen molar-refractivity contribution in [3.63, 3.8) is 0 Å². The molecule has 0 saturated heterocycles. The van der Waals surface area contributed by atoms with Gasteiger partial charge in [0.2, 0.25) is 0 Å². The van der Waals surface area contributed by atoms with Crippen molar-refractivity contribution in [1.29, 1.82) is 0 Å². The van der Waals surface area contributed by atoms with Crippen molar-refractivity contribution in [2.45, 2.75) is 13.5 Å². The summed E-state index contributed by atoms with van der Waals surface area (Å²) in [6.45, 7) is 1.48. The molecule has 0 aliphatic rings. The van der Waals surface area contributed by atoms with Crippen LogP contribution in [0.3, 0.4) is 0 Å². The van der Waals surface area contributed by atoms with Gasteiger partial charge in [0, 0.05) is 11.3 Å². The average molecular weight is 283 g/mol. The van der Waals surface area contributed by atoms with E-state index in [0.29, 0.717) is 17.2 Å². The summed E-state index contributed by atoms with van der Waals surface area (Å²) in [7, 11) is 0. The maximum absolute atomic E-state index is 13.4. The molecule has 0 aliphatic carbocycles. The van der Waals surface area contributed by atoms with Gasteiger partial charge in [-0.3, -0.25) is 4.57 Å². The first-order valence-electron chi connectivity index (χ1n) is 6.58.